The molecule has 1 aliphatic heterocycles. The van der Waals surface area contributed by atoms with Crippen molar-refractivity contribution in [3.63, 3.8) is 0 Å². The zero-order valence-corrected chi connectivity index (χ0v) is 16.3. The molecule has 1 N–H and O–H groups in total. The van der Waals surface area contributed by atoms with Crippen LogP contribution in [0.2, 0.25) is 0 Å². The highest BCUT2D eigenvalue weighted by Crippen LogP contribution is 2.27. The molecule has 146 valence electrons. The Morgan fingerprint density at radius 3 is 2.70 bits per heavy atom. The fraction of sp³-hybridized carbons (Fsp3) is 0.389. The molecule has 1 fully saturated rings. The molecule has 0 radical (unpaired) electrons. The maximum atomic E-state index is 13.8. The molecule has 2 aromatic rings. The average molecular weight is 414 g/mol. The molecule has 1 aromatic heterocycles. The van der Waals surface area contributed by atoms with Crippen molar-refractivity contribution in [2.45, 2.75) is 12.5 Å². The van der Waals surface area contributed by atoms with E-state index >= 15 is 0 Å². The van der Waals surface area contributed by atoms with Gasteiger partial charge in [0.25, 0.3) is 0 Å². The minimum Gasteiger partial charge on any atom is -0.493 e. The van der Waals surface area contributed by atoms with Gasteiger partial charge in [0, 0.05) is 29.3 Å². The van der Waals surface area contributed by atoms with Crippen molar-refractivity contribution in [1.29, 1.82) is 0 Å². The second-order valence-electron chi connectivity index (χ2n) is 6.44. The maximum Gasteiger partial charge on any atom is 0.208 e. The van der Waals surface area contributed by atoms with Gasteiger partial charge < -0.3 is 4.74 Å². The maximum absolute atomic E-state index is 13.8. The van der Waals surface area contributed by atoms with E-state index in [0.29, 0.717) is 17.9 Å². The Bertz CT molecular complexity index is 892. The smallest absolute Gasteiger partial charge is 0.208 e. The van der Waals surface area contributed by atoms with Gasteiger partial charge in [0.15, 0.2) is 5.82 Å². The van der Waals surface area contributed by atoms with E-state index in [4.69, 9.17) is 4.74 Å². The lowest BCUT2D eigenvalue weighted by Crippen LogP contribution is -2.45. The lowest BCUT2D eigenvalue weighted by Gasteiger charge is -2.31. The first kappa shape index (κ1) is 20.0. The minimum absolute atomic E-state index is 0.0642. The van der Waals surface area contributed by atoms with Crippen LogP contribution in [0.1, 0.15) is 6.42 Å². The second kappa shape index (κ2) is 8.53. The predicted octanol–water partition coefficient (Wildman–Crippen LogP) is 3.08. The average Bonchev–Trinajstić information content (AvgIpc) is 2.60. The van der Waals surface area contributed by atoms with Crippen molar-refractivity contribution in [1.82, 2.24) is 9.71 Å². The van der Waals surface area contributed by atoms with Crippen LogP contribution in [0, 0.1) is 17.6 Å². The van der Waals surface area contributed by atoms with Gasteiger partial charge in [0.2, 0.25) is 10.0 Å². The molecule has 0 bridgehead atoms. The van der Waals surface area contributed by atoms with Crippen molar-refractivity contribution in [2.24, 2.45) is 5.92 Å². The number of rotatable bonds is 6. The third kappa shape index (κ3) is 5.63. The topological polar surface area (TPSA) is 68.3 Å². The van der Waals surface area contributed by atoms with E-state index in [0.717, 1.165) is 36.4 Å². The van der Waals surface area contributed by atoms with Crippen molar-refractivity contribution < 1.29 is 21.9 Å². The van der Waals surface area contributed by atoms with Crippen molar-refractivity contribution in [3.8, 4) is 17.0 Å². The van der Waals surface area contributed by atoms with Crippen LogP contribution >= 0.6 is 11.8 Å². The SMILES string of the molecule is CS(=O)(=O)N[C@H]1CCSC[C@@H]1COc1ccc(-c2ncc(F)cc2F)cc1. The van der Waals surface area contributed by atoms with Gasteiger partial charge in [-0.05, 0) is 36.4 Å². The fourth-order valence-corrected chi connectivity index (χ4v) is 5.01. The summed E-state index contributed by atoms with van der Waals surface area (Å²) in [7, 11) is -3.27. The molecule has 1 aliphatic rings. The summed E-state index contributed by atoms with van der Waals surface area (Å²) >= 11 is 1.77. The van der Waals surface area contributed by atoms with Crippen LogP contribution in [0.3, 0.4) is 0 Å². The first-order valence-corrected chi connectivity index (χ1v) is 11.5. The number of nitrogens with zero attached hydrogens (tertiary/aromatic N) is 1. The first-order chi connectivity index (χ1) is 12.8. The molecule has 2 heterocycles. The largest absolute Gasteiger partial charge is 0.493 e. The van der Waals surface area contributed by atoms with Crippen LogP contribution in [0.5, 0.6) is 5.75 Å². The Hall–Kier alpha value is -1.71. The van der Waals surface area contributed by atoms with Crippen LogP contribution in [0.15, 0.2) is 36.5 Å². The molecular formula is C18H20F2N2O3S2. The molecule has 9 heteroatoms. The number of aromatic nitrogens is 1. The van der Waals surface area contributed by atoms with Gasteiger partial charge in [-0.1, -0.05) is 0 Å². The lowest BCUT2D eigenvalue weighted by atomic mass is 10.0. The van der Waals surface area contributed by atoms with Crippen molar-refractivity contribution in [2.75, 3.05) is 24.4 Å². The van der Waals surface area contributed by atoms with Gasteiger partial charge in [0.05, 0.1) is 19.1 Å². The van der Waals surface area contributed by atoms with Crippen LogP contribution in [0.4, 0.5) is 8.78 Å². The molecule has 0 unspecified atom stereocenters. The van der Waals surface area contributed by atoms with E-state index in [1.807, 2.05) is 0 Å². The van der Waals surface area contributed by atoms with Crippen molar-refractivity contribution in [3.05, 3.63) is 48.2 Å². The molecule has 1 saturated heterocycles. The standard InChI is InChI=1S/C18H20F2N2O3S2/c1-27(23,24)22-17-6-7-26-11-13(17)10-25-15-4-2-12(3-5-15)18-16(20)8-14(19)9-21-18/h2-5,8-9,13,17,22H,6-7,10-11H2,1H3/t13-,17-/m0/s1. The Morgan fingerprint density at radius 2 is 2.04 bits per heavy atom. The number of thioether (sulfide) groups is 1. The molecule has 0 spiro atoms. The van der Waals surface area contributed by atoms with E-state index in [1.165, 1.54) is 0 Å². The minimum atomic E-state index is -3.27. The van der Waals surface area contributed by atoms with E-state index in [-0.39, 0.29) is 17.7 Å². The third-order valence-electron chi connectivity index (χ3n) is 4.24. The molecule has 2 atom stereocenters. The van der Waals surface area contributed by atoms with Crippen LogP contribution < -0.4 is 9.46 Å². The van der Waals surface area contributed by atoms with Crippen LogP contribution in [-0.4, -0.2) is 43.8 Å². The van der Waals surface area contributed by atoms with Gasteiger partial charge in [-0.25, -0.2) is 21.9 Å². The summed E-state index contributed by atoms with van der Waals surface area (Å²) in [5.74, 6) is 0.936. The number of nitrogens with one attached hydrogen (secondary N) is 1. The number of hydrogen-bond acceptors (Lipinski definition) is 5. The Labute approximate surface area is 161 Å². The van der Waals surface area contributed by atoms with E-state index in [2.05, 4.69) is 9.71 Å². The fourth-order valence-electron chi connectivity index (χ4n) is 2.93. The summed E-state index contributed by atoms with van der Waals surface area (Å²) in [6.45, 7) is 0.378. The summed E-state index contributed by atoms with van der Waals surface area (Å²) in [6.07, 6.45) is 2.90. The highest BCUT2D eigenvalue weighted by molar-refractivity contribution is 7.99. The number of halogens is 2. The monoisotopic (exact) mass is 414 g/mol. The number of benzene rings is 1. The molecule has 3 rings (SSSR count). The van der Waals surface area contributed by atoms with Gasteiger partial charge in [-0.3, -0.25) is 4.98 Å². The summed E-state index contributed by atoms with van der Waals surface area (Å²) in [4.78, 5) is 3.78. The summed E-state index contributed by atoms with van der Waals surface area (Å²) in [5.41, 5.74) is 0.591. The molecule has 0 amide bonds. The summed E-state index contributed by atoms with van der Waals surface area (Å²) < 4.78 is 58.3. The van der Waals surface area contributed by atoms with Crippen LogP contribution in [0.25, 0.3) is 11.3 Å². The molecule has 5 nitrogen and oxygen atoms in total. The highest BCUT2D eigenvalue weighted by Gasteiger charge is 2.28. The van der Waals surface area contributed by atoms with Gasteiger partial charge >= 0.3 is 0 Å². The zero-order chi connectivity index (χ0) is 19.4. The molecular weight excluding hydrogens is 394 g/mol. The Balaban J connectivity index is 1.64. The van der Waals surface area contributed by atoms with Gasteiger partial charge in [-0.2, -0.15) is 11.8 Å². The highest BCUT2D eigenvalue weighted by atomic mass is 32.2. The van der Waals surface area contributed by atoms with E-state index in [9.17, 15) is 17.2 Å². The second-order valence-corrected chi connectivity index (χ2v) is 9.37. The number of hydrogen-bond donors (Lipinski definition) is 1. The number of ether oxygens (including phenoxy) is 1. The lowest BCUT2D eigenvalue weighted by molar-refractivity contribution is 0.229. The predicted molar refractivity (Wildman–Crippen MR) is 102 cm³/mol. The van der Waals surface area contributed by atoms with Crippen LogP contribution in [-0.2, 0) is 10.0 Å². The van der Waals surface area contributed by atoms with E-state index in [1.54, 1.807) is 36.0 Å². The van der Waals surface area contributed by atoms with Gasteiger partial charge in [0.1, 0.15) is 17.3 Å². The number of sulfonamides is 1. The van der Waals surface area contributed by atoms with E-state index < -0.39 is 21.7 Å². The molecule has 0 saturated carbocycles. The van der Waals surface area contributed by atoms with Crippen molar-refractivity contribution >= 4 is 21.8 Å². The zero-order valence-electron chi connectivity index (χ0n) is 14.7. The number of pyridine rings is 1. The molecule has 0 aliphatic carbocycles. The normalized spacial score (nSPS) is 20.4. The van der Waals surface area contributed by atoms with Gasteiger partial charge in [-0.15, -0.1) is 0 Å². The summed E-state index contributed by atoms with van der Waals surface area (Å²) in [6, 6.07) is 7.34. The molecule has 27 heavy (non-hydrogen) atoms. The molecule has 1 aromatic carbocycles. The quantitative estimate of drug-likeness (QED) is 0.787. The summed E-state index contributed by atoms with van der Waals surface area (Å²) in [5, 5.41) is 0. The first-order valence-electron chi connectivity index (χ1n) is 8.41. The Morgan fingerprint density at radius 1 is 1.30 bits per heavy atom. The third-order valence-corrected chi connectivity index (χ3v) is 6.16. The Kier molecular flexibility index (Phi) is 6.33.